The molecule has 1 aromatic carbocycles. The summed E-state index contributed by atoms with van der Waals surface area (Å²) in [6.45, 7) is 4.14. The second kappa shape index (κ2) is 9.09. The number of hydrogen-bond donors (Lipinski definition) is 0. The van der Waals surface area contributed by atoms with Crippen LogP contribution >= 0.6 is 11.6 Å². The number of benzene rings is 1. The van der Waals surface area contributed by atoms with Crippen molar-refractivity contribution in [2.45, 2.75) is 31.9 Å². The zero-order valence-corrected chi connectivity index (χ0v) is 19.4. The van der Waals surface area contributed by atoms with Crippen molar-refractivity contribution < 1.29 is 14.0 Å². The number of rotatable bonds is 6. The van der Waals surface area contributed by atoms with Gasteiger partial charge in [-0.1, -0.05) is 47.1 Å². The number of aromatic nitrogens is 4. The highest BCUT2D eigenvalue weighted by atomic mass is 35.5. The minimum atomic E-state index is -0.292. The molecule has 1 saturated heterocycles. The van der Waals surface area contributed by atoms with Gasteiger partial charge >= 0.3 is 0 Å². The zero-order chi connectivity index (χ0) is 22.8. The van der Waals surface area contributed by atoms with Gasteiger partial charge in [-0.15, -0.1) is 0 Å². The molecule has 1 aliphatic rings. The van der Waals surface area contributed by atoms with Gasteiger partial charge in [-0.05, 0) is 30.2 Å². The van der Waals surface area contributed by atoms with Crippen LogP contribution in [0.5, 0.6) is 0 Å². The third-order valence-electron chi connectivity index (χ3n) is 6.29. The third kappa shape index (κ3) is 4.44. The van der Waals surface area contributed by atoms with Crippen molar-refractivity contribution in [3.05, 3.63) is 76.8 Å². The molecule has 0 atom stereocenters. The Balaban J connectivity index is 1.35. The molecular weight excluding hydrogens is 440 g/mol. The summed E-state index contributed by atoms with van der Waals surface area (Å²) in [6, 6.07) is 14.0. The van der Waals surface area contributed by atoms with E-state index < -0.39 is 0 Å². The standard InChI is InChI=1S/C25H25ClN4O3/c1-17-13-20(16-30(17)15-18-3-8-22(26)27-14-18)24-28-23(29-33-24)19-4-6-21(7-5-19)25(31-2)9-11-32-12-10-25/h3-8,13-14,16H,9-12,15H2,1-2H3. The summed E-state index contributed by atoms with van der Waals surface area (Å²) in [5.74, 6) is 1.05. The molecule has 0 N–H and O–H groups in total. The molecule has 3 aromatic heterocycles. The lowest BCUT2D eigenvalue weighted by atomic mass is 9.86. The molecule has 0 spiro atoms. The van der Waals surface area contributed by atoms with Gasteiger partial charge < -0.3 is 18.6 Å². The van der Waals surface area contributed by atoms with E-state index in [1.807, 2.05) is 37.4 Å². The molecule has 8 heteroatoms. The second-order valence-corrected chi connectivity index (χ2v) is 8.69. The lowest BCUT2D eigenvalue weighted by molar-refractivity contribution is -0.0947. The highest BCUT2D eigenvalue weighted by molar-refractivity contribution is 6.29. The van der Waals surface area contributed by atoms with Crippen molar-refractivity contribution in [3.8, 4) is 22.8 Å². The molecule has 0 saturated carbocycles. The highest BCUT2D eigenvalue weighted by Crippen LogP contribution is 2.36. The molecule has 0 amide bonds. The van der Waals surface area contributed by atoms with Crippen molar-refractivity contribution in [1.29, 1.82) is 0 Å². The van der Waals surface area contributed by atoms with Gasteiger partial charge in [-0.2, -0.15) is 4.98 Å². The molecule has 0 bridgehead atoms. The summed E-state index contributed by atoms with van der Waals surface area (Å²) in [4.78, 5) is 8.78. The maximum atomic E-state index is 5.89. The number of aryl methyl sites for hydroxylation is 1. The SMILES string of the molecule is COC1(c2ccc(-c3noc(-c4cc(C)n(Cc5ccc(Cl)nc5)c4)n3)cc2)CCOCC1. The van der Waals surface area contributed by atoms with E-state index in [0.717, 1.165) is 40.8 Å². The lowest BCUT2D eigenvalue weighted by Crippen LogP contribution is -2.35. The summed E-state index contributed by atoms with van der Waals surface area (Å²) in [7, 11) is 1.77. The van der Waals surface area contributed by atoms with Crippen LogP contribution in [-0.4, -0.2) is 40.0 Å². The number of ether oxygens (including phenoxy) is 2. The first-order valence-corrected chi connectivity index (χ1v) is 11.3. The van der Waals surface area contributed by atoms with E-state index in [1.165, 1.54) is 0 Å². The number of nitrogens with zero attached hydrogens (tertiary/aromatic N) is 4. The minimum absolute atomic E-state index is 0.292. The van der Waals surface area contributed by atoms with Crippen LogP contribution in [0.15, 0.2) is 59.4 Å². The fraction of sp³-hybridized carbons (Fsp3) is 0.320. The molecule has 0 radical (unpaired) electrons. The maximum absolute atomic E-state index is 5.89. The van der Waals surface area contributed by atoms with Crippen LogP contribution in [-0.2, 0) is 21.6 Å². The Morgan fingerprint density at radius 1 is 1.09 bits per heavy atom. The van der Waals surface area contributed by atoms with Crippen molar-refractivity contribution in [2.75, 3.05) is 20.3 Å². The van der Waals surface area contributed by atoms with E-state index in [2.05, 4.69) is 31.8 Å². The van der Waals surface area contributed by atoms with Gasteiger partial charge in [0.25, 0.3) is 5.89 Å². The monoisotopic (exact) mass is 464 g/mol. The fourth-order valence-corrected chi connectivity index (χ4v) is 4.40. The lowest BCUT2D eigenvalue weighted by Gasteiger charge is -2.36. The Hall–Kier alpha value is -3.00. The van der Waals surface area contributed by atoms with E-state index in [1.54, 1.807) is 19.4 Å². The first kappa shape index (κ1) is 21.8. The molecule has 170 valence electrons. The van der Waals surface area contributed by atoms with Gasteiger partial charge in [0, 0.05) is 63.4 Å². The van der Waals surface area contributed by atoms with Crippen molar-refractivity contribution in [2.24, 2.45) is 0 Å². The fourth-order valence-electron chi connectivity index (χ4n) is 4.29. The van der Waals surface area contributed by atoms with Crippen molar-refractivity contribution in [3.63, 3.8) is 0 Å². The van der Waals surface area contributed by atoms with Gasteiger partial charge in [-0.25, -0.2) is 4.98 Å². The Morgan fingerprint density at radius 2 is 1.88 bits per heavy atom. The van der Waals surface area contributed by atoms with Crippen LogP contribution in [0.4, 0.5) is 0 Å². The van der Waals surface area contributed by atoms with Crippen LogP contribution in [0.2, 0.25) is 5.15 Å². The molecule has 0 unspecified atom stereocenters. The number of halogens is 1. The quantitative estimate of drug-likeness (QED) is 0.362. The average Bonchev–Trinajstić information content (AvgIpc) is 3.48. The molecule has 7 nitrogen and oxygen atoms in total. The van der Waals surface area contributed by atoms with E-state index in [0.29, 0.717) is 36.6 Å². The first-order chi connectivity index (χ1) is 16.1. The normalized spacial score (nSPS) is 15.6. The van der Waals surface area contributed by atoms with Crippen LogP contribution < -0.4 is 0 Å². The summed E-state index contributed by atoms with van der Waals surface area (Å²) in [5.41, 5.74) is 4.78. The molecule has 0 aliphatic carbocycles. The van der Waals surface area contributed by atoms with E-state index in [4.69, 9.17) is 25.6 Å². The summed E-state index contributed by atoms with van der Waals surface area (Å²) in [6.07, 6.45) is 5.48. The van der Waals surface area contributed by atoms with E-state index in [9.17, 15) is 0 Å². The first-order valence-electron chi connectivity index (χ1n) is 10.9. The van der Waals surface area contributed by atoms with Crippen LogP contribution in [0.3, 0.4) is 0 Å². The molecule has 1 fully saturated rings. The van der Waals surface area contributed by atoms with Crippen molar-refractivity contribution >= 4 is 11.6 Å². The molecule has 1 aliphatic heterocycles. The zero-order valence-electron chi connectivity index (χ0n) is 18.6. The topological polar surface area (TPSA) is 75.2 Å². The third-order valence-corrected chi connectivity index (χ3v) is 6.51. The number of methoxy groups -OCH3 is 1. The molecule has 4 aromatic rings. The smallest absolute Gasteiger partial charge is 0.259 e. The maximum Gasteiger partial charge on any atom is 0.259 e. The minimum Gasteiger partial charge on any atom is -0.381 e. The second-order valence-electron chi connectivity index (χ2n) is 8.30. The summed E-state index contributed by atoms with van der Waals surface area (Å²) >= 11 is 5.89. The van der Waals surface area contributed by atoms with Gasteiger partial charge in [0.2, 0.25) is 5.82 Å². The van der Waals surface area contributed by atoms with Gasteiger partial charge in [0.1, 0.15) is 5.15 Å². The Kier molecular flexibility index (Phi) is 6.01. The van der Waals surface area contributed by atoms with Gasteiger partial charge in [0.05, 0.1) is 11.2 Å². The molecule has 5 rings (SSSR count). The Bertz CT molecular complexity index is 1230. The van der Waals surface area contributed by atoms with Crippen molar-refractivity contribution in [1.82, 2.24) is 19.7 Å². The number of hydrogen-bond acceptors (Lipinski definition) is 6. The average molecular weight is 465 g/mol. The van der Waals surface area contributed by atoms with Gasteiger partial charge in [0.15, 0.2) is 0 Å². The van der Waals surface area contributed by atoms with E-state index >= 15 is 0 Å². The van der Waals surface area contributed by atoms with Gasteiger partial charge in [-0.3, -0.25) is 0 Å². The summed E-state index contributed by atoms with van der Waals surface area (Å²) < 4.78 is 19.1. The molecule has 4 heterocycles. The summed E-state index contributed by atoms with van der Waals surface area (Å²) in [5, 5.41) is 4.69. The predicted molar refractivity (Wildman–Crippen MR) is 125 cm³/mol. The highest BCUT2D eigenvalue weighted by Gasteiger charge is 2.34. The predicted octanol–water partition coefficient (Wildman–Crippen LogP) is 5.26. The number of pyridine rings is 1. The Morgan fingerprint density at radius 3 is 2.58 bits per heavy atom. The van der Waals surface area contributed by atoms with E-state index in [-0.39, 0.29) is 5.60 Å². The van der Waals surface area contributed by atoms with Crippen LogP contribution in [0, 0.1) is 6.92 Å². The largest absolute Gasteiger partial charge is 0.381 e. The molecular formula is C25H25ClN4O3. The van der Waals surface area contributed by atoms with Crippen LogP contribution in [0.1, 0.15) is 29.7 Å². The Labute approximate surface area is 197 Å². The molecule has 33 heavy (non-hydrogen) atoms. The van der Waals surface area contributed by atoms with Crippen LogP contribution in [0.25, 0.3) is 22.8 Å².